The number of rotatable bonds is 60. The quantitative estimate of drug-likeness (QED) is 0.0195. The second-order valence-electron chi connectivity index (χ2n) is 23.1. The molecule has 454 valence electrons. The Kier molecular flexibility index (Phi) is 57.2. The average molecular weight is 1110 g/mol. The Morgan fingerprint density at radius 3 is 1.09 bits per heavy atom. The maximum atomic E-state index is 12.8. The summed E-state index contributed by atoms with van der Waals surface area (Å²) in [4.78, 5) is 38.0. The van der Waals surface area contributed by atoms with Crippen LogP contribution in [0.25, 0.3) is 0 Å². The number of ether oxygens (including phenoxy) is 2. The van der Waals surface area contributed by atoms with Gasteiger partial charge in [0.15, 0.2) is 6.10 Å². The molecule has 0 saturated carbocycles. The monoisotopic (exact) mass is 1110 g/mol. The molecule has 0 amide bonds. The zero-order valence-corrected chi connectivity index (χ0v) is 52.5. The fraction of sp³-hybridized carbons (Fsp3) is 0.794. The van der Waals surface area contributed by atoms with Crippen molar-refractivity contribution in [1.29, 1.82) is 0 Å². The van der Waals surface area contributed by atoms with Crippen molar-refractivity contribution in [3.8, 4) is 0 Å². The minimum absolute atomic E-state index is 0.0316. The van der Waals surface area contributed by atoms with E-state index in [0.717, 1.165) is 77.0 Å². The summed E-state index contributed by atoms with van der Waals surface area (Å²) < 4.78 is 34.3. The fourth-order valence-corrected chi connectivity index (χ4v) is 9.98. The molecule has 0 rings (SSSR count). The van der Waals surface area contributed by atoms with Gasteiger partial charge in [-0.15, -0.1) is 0 Å². The van der Waals surface area contributed by atoms with Crippen LogP contribution in [0.3, 0.4) is 0 Å². The minimum atomic E-state index is -4.64. The Hall–Kier alpha value is -2.55. The Labute approximate surface area is 482 Å². The van der Waals surface area contributed by atoms with E-state index in [4.69, 9.17) is 18.5 Å². The zero-order chi connectivity index (χ0) is 57.0. The zero-order valence-electron chi connectivity index (χ0n) is 51.6. The lowest BCUT2D eigenvalue weighted by molar-refractivity contribution is -0.870. The highest BCUT2D eigenvalue weighted by Gasteiger charge is 2.22. The van der Waals surface area contributed by atoms with Gasteiger partial charge in [-0.05, 0) is 64.2 Å². The van der Waals surface area contributed by atoms with Crippen LogP contribution in [0.4, 0.5) is 0 Å². The van der Waals surface area contributed by atoms with Crippen molar-refractivity contribution in [3.63, 3.8) is 0 Å². The third-order valence-corrected chi connectivity index (χ3v) is 15.2. The van der Waals surface area contributed by atoms with Crippen LogP contribution in [-0.4, -0.2) is 70.0 Å². The number of unbranched alkanes of at least 4 members (excludes halogenated alkanes) is 34. The van der Waals surface area contributed by atoms with E-state index in [2.05, 4.69) is 86.8 Å². The molecule has 78 heavy (non-hydrogen) atoms. The molecule has 0 aliphatic carbocycles. The van der Waals surface area contributed by atoms with E-state index in [1.807, 2.05) is 21.1 Å². The molecule has 0 N–H and O–H groups in total. The molecule has 0 bridgehead atoms. The maximum absolute atomic E-state index is 12.8. The summed E-state index contributed by atoms with van der Waals surface area (Å²) in [5.41, 5.74) is 0. The van der Waals surface area contributed by atoms with Crippen molar-refractivity contribution in [2.75, 3.05) is 47.5 Å². The van der Waals surface area contributed by atoms with Gasteiger partial charge in [-0.1, -0.05) is 292 Å². The highest BCUT2D eigenvalue weighted by Crippen LogP contribution is 2.38. The molecule has 10 heteroatoms. The number of hydrogen-bond acceptors (Lipinski definition) is 8. The number of nitrogens with zero attached hydrogens (tertiary/aromatic N) is 1. The van der Waals surface area contributed by atoms with E-state index in [0.29, 0.717) is 17.4 Å². The fourth-order valence-electron chi connectivity index (χ4n) is 9.25. The van der Waals surface area contributed by atoms with E-state index in [9.17, 15) is 19.0 Å². The van der Waals surface area contributed by atoms with Crippen LogP contribution in [0.15, 0.2) is 72.9 Å². The van der Waals surface area contributed by atoms with Gasteiger partial charge in [-0.2, -0.15) is 0 Å². The van der Waals surface area contributed by atoms with E-state index in [-0.39, 0.29) is 32.0 Å². The molecule has 0 saturated heterocycles. The number of phosphoric ester groups is 1. The summed E-state index contributed by atoms with van der Waals surface area (Å²) >= 11 is 0. The molecule has 2 atom stereocenters. The normalized spacial score (nSPS) is 13.7. The molecular formula is C68H124NO8P. The molecule has 0 radical (unpaired) electrons. The van der Waals surface area contributed by atoms with Gasteiger partial charge in [-0.25, -0.2) is 0 Å². The molecule has 0 fully saturated rings. The first-order valence-electron chi connectivity index (χ1n) is 32.6. The first-order valence-corrected chi connectivity index (χ1v) is 34.1. The molecule has 0 aromatic carbocycles. The van der Waals surface area contributed by atoms with Gasteiger partial charge >= 0.3 is 11.9 Å². The smallest absolute Gasteiger partial charge is 0.306 e. The van der Waals surface area contributed by atoms with Gasteiger partial charge in [0.25, 0.3) is 7.82 Å². The number of phosphoric acid groups is 1. The van der Waals surface area contributed by atoms with E-state index >= 15 is 0 Å². The molecule has 0 aliphatic rings. The van der Waals surface area contributed by atoms with Crippen molar-refractivity contribution in [2.24, 2.45) is 0 Å². The lowest BCUT2D eigenvalue weighted by Gasteiger charge is -2.28. The third kappa shape index (κ3) is 62.6. The number of esters is 2. The molecule has 0 heterocycles. The van der Waals surface area contributed by atoms with Crippen LogP contribution in [0, 0.1) is 0 Å². The predicted molar refractivity (Wildman–Crippen MR) is 333 cm³/mol. The second-order valence-corrected chi connectivity index (χ2v) is 24.5. The van der Waals surface area contributed by atoms with Crippen LogP contribution in [0.5, 0.6) is 0 Å². The number of carbonyl (C=O) groups is 2. The summed E-state index contributed by atoms with van der Waals surface area (Å²) in [5.74, 6) is -0.824. The van der Waals surface area contributed by atoms with Gasteiger partial charge in [0.1, 0.15) is 19.8 Å². The van der Waals surface area contributed by atoms with Gasteiger partial charge in [-0.3, -0.25) is 14.2 Å². The van der Waals surface area contributed by atoms with Gasteiger partial charge < -0.3 is 27.9 Å². The predicted octanol–water partition coefficient (Wildman–Crippen LogP) is 20.2. The third-order valence-electron chi connectivity index (χ3n) is 14.2. The number of likely N-dealkylation sites (N-methyl/N-ethyl adjacent to an activating group) is 1. The van der Waals surface area contributed by atoms with Crippen LogP contribution >= 0.6 is 7.82 Å². The van der Waals surface area contributed by atoms with Gasteiger partial charge in [0.2, 0.25) is 0 Å². The lowest BCUT2D eigenvalue weighted by atomic mass is 10.0. The summed E-state index contributed by atoms with van der Waals surface area (Å²) in [6.07, 6.45) is 78.2. The minimum Gasteiger partial charge on any atom is -0.756 e. The maximum Gasteiger partial charge on any atom is 0.306 e. The van der Waals surface area contributed by atoms with E-state index < -0.39 is 26.5 Å². The number of hydrogen-bond donors (Lipinski definition) is 0. The largest absolute Gasteiger partial charge is 0.756 e. The molecule has 0 aromatic rings. The van der Waals surface area contributed by atoms with Crippen molar-refractivity contribution < 1.29 is 42.1 Å². The summed E-state index contributed by atoms with van der Waals surface area (Å²) in [6.45, 7) is 4.17. The van der Waals surface area contributed by atoms with Crippen LogP contribution in [0.1, 0.15) is 296 Å². The standard InChI is InChI=1S/C68H124NO8P/c1-6-8-10-12-14-16-18-20-22-24-26-28-30-31-32-33-34-35-36-37-39-41-43-45-47-49-51-53-55-57-59-61-68(71)77-66(65-76-78(72,73)75-63-62-69(3,4)5)64-74-67(70)60-58-56-54-52-50-48-46-44-42-40-38-29-27-25-23-21-19-17-15-13-11-9-7-2/h8,10,14,16,20,22,26,28,31-32,34-35,66H,6-7,9,11-13,15,17-19,21,23-25,27,29-30,33,36-65H2,1-5H3/b10-8-,16-14-,22-20-,28-26-,32-31-,35-34-. The van der Waals surface area contributed by atoms with E-state index in [1.165, 1.54) is 186 Å². The number of quaternary nitrogens is 1. The first kappa shape index (κ1) is 75.5. The Bertz CT molecular complexity index is 1550. The molecular weight excluding hydrogens is 990 g/mol. The van der Waals surface area contributed by atoms with Crippen LogP contribution in [0.2, 0.25) is 0 Å². The highest BCUT2D eigenvalue weighted by molar-refractivity contribution is 7.45. The molecule has 0 aliphatic heterocycles. The topological polar surface area (TPSA) is 111 Å². The summed E-state index contributed by atoms with van der Waals surface area (Å²) in [6, 6.07) is 0. The number of carbonyl (C=O) groups excluding carboxylic acids is 2. The summed E-state index contributed by atoms with van der Waals surface area (Å²) in [7, 11) is 1.17. The Morgan fingerprint density at radius 2 is 0.731 bits per heavy atom. The van der Waals surface area contributed by atoms with Gasteiger partial charge in [0, 0.05) is 12.8 Å². The molecule has 2 unspecified atom stereocenters. The van der Waals surface area contributed by atoms with Crippen LogP contribution in [-0.2, 0) is 32.7 Å². The van der Waals surface area contributed by atoms with Crippen molar-refractivity contribution in [1.82, 2.24) is 0 Å². The SMILES string of the molecule is CC/C=C\C/C=C\C/C=C\C/C=C\C/C=C\C/C=C\CCCCCCCCCCCCCCC(=O)OC(COC(=O)CCCCCCCCCCCCCCCCCCCCCCCCC)COP(=O)([O-])OCC[N+](C)(C)C. The molecule has 0 spiro atoms. The Balaban J connectivity index is 4.09. The van der Waals surface area contributed by atoms with Crippen LogP contribution < -0.4 is 4.89 Å². The van der Waals surface area contributed by atoms with Crippen molar-refractivity contribution in [3.05, 3.63) is 72.9 Å². The van der Waals surface area contributed by atoms with Crippen molar-refractivity contribution in [2.45, 2.75) is 302 Å². The molecule has 0 aromatic heterocycles. The molecule has 9 nitrogen and oxygen atoms in total. The number of allylic oxidation sites excluding steroid dienone is 12. The van der Waals surface area contributed by atoms with E-state index in [1.54, 1.807) is 0 Å². The van der Waals surface area contributed by atoms with Crippen molar-refractivity contribution >= 4 is 19.8 Å². The average Bonchev–Trinajstić information content (AvgIpc) is 3.40. The summed E-state index contributed by atoms with van der Waals surface area (Å²) in [5, 5.41) is 0. The van der Waals surface area contributed by atoms with Gasteiger partial charge in [0.05, 0.1) is 27.7 Å². The Morgan fingerprint density at radius 1 is 0.410 bits per heavy atom. The highest BCUT2D eigenvalue weighted by atomic mass is 31.2. The first-order chi connectivity index (χ1) is 38.0. The second kappa shape index (κ2) is 59.1. The lowest BCUT2D eigenvalue weighted by Crippen LogP contribution is -2.37.